The molecule has 4 heteroatoms. The summed E-state index contributed by atoms with van der Waals surface area (Å²) in [7, 11) is 0. The van der Waals surface area contributed by atoms with E-state index in [0.29, 0.717) is 13.2 Å². The van der Waals surface area contributed by atoms with Crippen LogP contribution in [0.4, 0.5) is 4.79 Å². The normalized spacial score (nSPS) is 11.4. The van der Waals surface area contributed by atoms with Crippen LogP contribution in [0.25, 0.3) is 0 Å². The van der Waals surface area contributed by atoms with E-state index < -0.39 is 0 Å². The number of aryl methyl sites for hydroxylation is 1. The van der Waals surface area contributed by atoms with Crippen molar-refractivity contribution in [2.75, 3.05) is 13.2 Å². The van der Waals surface area contributed by atoms with Gasteiger partial charge < -0.3 is 15.4 Å². The Bertz CT molecular complexity index is 405. The molecule has 0 spiro atoms. The van der Waals surface area contributed by atoms with Gasteiger partial charge in [0.25, 0.3) is 0 Å². The van der Waals surface area contributed by atoms with E-state index in [9.17, 15) is 4.79 Å². The Balaban J connectivity index is 2.30. The number of ether oxygens (including phenoxy) is 1. The topological polar surface area (TPSA) is 50.4 Å². The van der Waals surface area contributed by atoms with Gasteiger partial charge in [0.15, 0.2) is 0 Å². The van der Waals surface area contributed by atoms with Crippen LogP contribution in [0.5, 0.6) is 5.75 Å². The van der Waals surface area contributed by atoms with Crippen molar-refractivity contribution < 1.29 is 9.53 Å². The molecule has 1 aromatic rings. The third-order valence-corrected chi connectivity index (χ3v) is 2.27. The summed E-state index contributed by atoms with van der Waals surface area (Å²) < 4.78 is 5.59. The van der Waals surface area contributed by atoms with E-state index in [4.69, 9.17) is 4.74 Å². The Hall–Kier alpha value is -1.97. The Labute approximate surface area is 108 Å². The molecule has 0 aromatic heterocycles. The molecule has 1 atom stereocenters. The second-order valence-electron chi connectivity index (χ2n) is 4.17. The number of benzene rings is 1. The van der Waals surface area contributed by atoms with Gasteiger partial charge in [-0.05, 0) is 31.5 Å². The van der Waals surface area contributed by atoms with Gasteiger partial charge in [-0.1, -0.05) is 18.2 Å². The molecule has 0 aliphatic carbocycles. The summed E-state index contributed by atoms with van der Waals surface area (Å²) in [5, 5.41) is 5.42. The largest absolute Gasteiger partial charge is 0.491 e. The fraction of sp³-hybridized carbons (Fsp3) is 0.357. The predicted molar refractivity (Wildman–Crippen MR) is 72.9 cm³/mol. The molecule has 0 fully saturated rings. The Morgan fingerprint density at radius 2 is 2.33 bits per heavy atom. The Morgan fingerprint density at radius 1 is 1.56 bits per heavy atom. The fourth-order valence-corrected chi connectivity index (χ4v) is 1.41. The van der Waals surface area contributed by atoms with Crippen LogP contribution in [0.3, 0.4) is 0 Å². The van der Waals surface area contributed by atoms with Gasteiger partial charge in [0.2, 0.25) is 0 Å². The monoisotopic (exact) mass is 248 g/mol. The van der Waals surface area contributed by atoms with Gasteiger partial charge in [0, 0.05) is 6.54 Å². The van der Waals surface area contributed by atoms with E-state index in [-0.39, 0.29) is 12.1 Å². The lowest BCUT2D eigenvalue weighted by atomic mass is 10.2. The summed E-state index contributed by atoms with van der Waals surface area (Å²) in [6, 6.07) is 7.55. The molecule has 0 aliphatic rings. The second-order valence-corrected chi connectivity index (χ2v) is 4.17. The van der Waals surface area contributed by atoms with E-state index in [2.05, 4.69) is 17.2 Å². The molecule has 1 aromatic carbocycles. The van der Waals surface area contributed by atoms with Crippen molar-refractivity contribution in [1.82, 2.24) is 10.6 Å². The minimum Gasteiger partial charge on any atom is -0.491 e. The number of carbonyl (C=O) groups excluding carboxylic acids is 1. The standard InChI is InChI=1S/C14H20N2O2/c1-4-8-15-14(17)16-12(3)10-18-13-7-5-6-11(2)9-13/h4-7,9,12H,1,8,10H2,2-3H3,(H2,15,16,17). The maximum Gasteiger partial charge on any atom is 0.315 e. The fourth-order valence-electron chi connectivity index (χ4n) is 1.41. The molecule has 0 saturated carbocycles. The summed E-state index contributed by atoms with van der Waals surface area (Å²) in [6.45, 7) is 8.32. The van der Waals surface area contributed by atoms with Gasteiger partial charge in [-0.25, -0.2) is 4.79 Å². The number of hydrogen-bond acceptors (Lipinski definition) is 2. The summed E-state index contributed by atoms with van der Waals surface area (Å²) in [5.74, 6) is 0.815. The minimum atomic E-state index is -0.213. The summed E-state index contributed by atoms with van der Waals surface area (Å²) in [4.78, 5) is 11.4. The van der Waals surface area contributed by atoms with E-state index in [1.54, 1.807) is 6.08 Å². The highest BCUT2D eigenvalue weighted by atomic mass is 16.5. The van der Waals surface area contributed by atoms with E-state index in [0.717, 1.165) is 11.3 Å². The zero-order valence-electron chi connectivity index (χ0n) is 10.9. The molecule has 0 saturated heterocycles. The quantitative estimate of drug-likeness (QED) is 0.759. The van der Waals surface area contributed by atoms with Gasteiger partial charge in [0.05, 0.1) is 6.04 Å². The maximum atomic E-state index is 11.4. The smallest absolute Gasteiger partial charge is 0.315 e. The molecular weight excluding hydrogens is 228 g/mol. The molecule has 1 rings (SSSR count). The van der Waals surface area contributed by atoms with Gasteiger partial charge in [0.1, 0.15) is 12.4 Å². The zero-order valence-corrected chi connectivity index (χ0v) is 10.9. The van der Waals surface area contributed by atoms with Gasteiger partial charge in [-0.2, -0.15) is 0 Å². The van der Waals surface area contributed by atoms with Gasteiger partial charge >= 0.3 is 6.03 Å². The summed E-state index contributed by atoms with van der Waals surface area (Å²) >= 11 is 0. The first-order valence-corrected chi connectivity index (χ1v) is 5.96. The van der Waals surface area contributed by atoms with Gasteiger partial charge in [-0.3, -0.25) is 0 Å². The van der Waals surface area contributed by atoms with E-state index in [1.807, 2.05) is 38.1 Å². The van der Waals surface area contributed by atoms with Crippen molar-refractivity contribution in [3.63, 3.8) is 0 Å². The molecule has 1 unspecified atom stereocenters. The van der Waals surface area contributed by atoms with Crippen LogP contribution < -0.4 is 15.4 Å². The molecule has 98 valence electrons. The zero-order chi connectivity index (χ0) is 13.4. The third kappa shape index (κ3) is 5.39. The molecule has 0 bridgehead atoms. The van der Waals surface area contributed by atoms with E-state index in [1.165, 1.54) is 0 Å². The predicted octanol–water partition coefficient (Wildman–Crippen LogP) is 2.25. The molecule has 0 aliphatic heterocycles. The van der Waals surface area contributed by atoms with Crippen molar-refractivity contribution in [2.24, 2.45) is 0 Å². The first kappa shape index (κ1) is 14.1. The Morgan fingerprint density at radius 3 is 3.00 bits per heavy atom. The molecule has 0 heterocycles. The van der Waals surface area contributed by atoms with Crippen LogP contribution in [0.15, 0.2) is 36.9 Å². The average Bonchev–Trinajstić information content (AvgIpc) is 2.34. The SMILES string of the molecule is C=CCNC(=O)NC(C)COc1cccc(C)c1. The lowest BCUT2D eigenvalue weighted by Gasteiger charge is -2.15. The minimum absolute atomic E-state index is 0.0599. The van der Waals surface area contributed by atoms with Gasteiger partial charge in [-0.15, -0.1) is 6.58 Å². The molecule has 2 N–H and O–H groups in total. The molecule has 2 amide bonds. The lowest BCUT2D eigenvalue weighted by Crippen LogP contribution is -2.43. The van der Waals surface area contributed by atoms with Crippen molar-refractivity contribution in [3.8, 4) is 5.75 Å². The maximum absolute atomic E-state index is 11.4. The number of urea groups is 1. The molecule has 0 radical (unpaired) electrons. The highest BCUT2D eigenvalue weighted by Gasteiger charge is 2.06. The third-order valence-electron chi connectivity index (χ3n) is 2.27. The van der Waals surface area contributed by atoms with Crippen LogP contribution in [0.1, 0.15) is 12.5 Å². The molecule has 4 nitrogen and oxygen atoms in total. The van der Waals surface area contributed by atoms with Crippen molar-refractivity contribution in [3.05, 3.63) is 42.5 Å². The first-order chi connectivity index (χ1) is 8.61. The molecular formula is C14H20N2O2. The second kappa shape index (κ2) is 7.37. The van der Waals surface area contributed by atoms with Crippen LogP contribution >= 0.6 is 0 Å². The number of nitrogens with one attached hydrogen (secondary N) is 2. The van der Waals surface area contributed by atoms with Crippen LogP contribution in [0.2, 0.25) is 0 Å². The van der Waals surface area contributed by atoms with E-state index >= 15 is 0 Å². The van der Waals surface area contributed by atoms with Crippen molar-refractivity contribution >= 4 is 6.03 Å². The lowest BCUT2D eigenvalue weighted by molar-refractivity contribution is 0.227. The Kier molecular flexibility index (Phi) is 5.77. The summed E-state index contributed by atoms with van der Waals surface area (Å²) in [6.07, 6.45) is 1.63. The number of hydrogen-bond donors (Lipinski definition) is 2. The number of amides is 2. The number of rotatable bonds is 6. The van der Waals surface area contributed by atoms with Crippen molar-refractivity contribution in [2.45, 2.75) is 19.9 Å². The van der Waals surface area contributed by atoms with Crippen LogP contribution in [0, 0.1) is 6.92 Å². The molecule has 18 heavy (non-hydrogen) atoms. The van der Waals surface area contributed by atoms with Crippen LogP contribution in [-0.2, 0) is 0 Å². The average molecular weight is 248 g/mol. The van der Waals surface area contributed by atoms with Crippen LogP contribution in [-0.4, -0.2) is 25.2 Å². The highest BCUT2D eigenvalue weighted by molar-refractivity contribution is 5.74. The van der Waals surface area contributed by atoms with Crippen molar-refractivity contribution in [1.29, 1.82) is 0 Å². The highest BCUT2D eigenvalue weighted by Crippen LogP contribution is 2.12. The number of carbonyl (C=O) groups is 1. The first-order valence-electron chi connectivity index (χ1n) is 5.96. The summed E-state index contributed by atoms with van der Waals surface area (Å²) in [5.41, 5.74) is 1.15.